The second kappa shape index (κ2) is 7.54. The number of imide groups is 1. The van der Waals surface area contributed by atoms with E-state index in [2.05, 4.69) is 5.32 Å². The van der Waals surface area contributed by atoms with E-state index in [0.717, 1.165) is 20.9 Å². The highest BCUT2D eigenvalue weighted by Crippen LogP contribution is 2.37. The standard InChI is InChI=1S/C24H22N2O3S/c1-15-9-11-19(13-16(15)2)24(18-7-5-4-6-8-18)22(28)26(23(29)25-24)14-20(27)21-12-10-17(3)30-21/h4-13H,14H2,1-3H3,(H,25,29)/t24-/m0/s1. The van der Waals surface area contributed by atoms with E-state index < -0.39 is 17.5 Å². The Balaban J connectivity index is 1.78. The second-order valence-electron chi connectivity index (χ2n) is 7.57. The lowest BCUT2D eigenvalue weighted by atomic mass is 9.81. The van der Waals surface area contributed by atoms with Gasteiger partial charge in [-0.3, -0.25) is 14.5 Å². The summed E-state index contributed by atoms with van der Waals surface area (Å²) in [5, 5.41) is 2.90. The number of Topliss-reactive ketones (excluding diaryl/α,β-unsaturated/α-hetero) is 1. The number of carbonyl (C=O) groups excluding carboxylic acids is 3. The van der Waals surface area contributed by atoms with Crippen molar-refractivity contribution >= 4 is 29.1 Å². The van der Waals surface area contributed by atoms with E-state index in [-0.39, 0.29) is 12.3 Å². The highest BCUT2D eigenvalue weighted by atomic mass is 32.1. The predicted molar refractivity (Wildman–Crippen MR) is 117 cm³/mol. The molecule has 3 aromatic rings. The molecule has 0 unspecified atom stereocenters. The Morgan fingerprint density at radius 3 is 2.30 bits per heavy atom. The number of hydrogen-bond donors (Lipinski definition) is 1. The van der Waals surface area contributed by atoms with Crippen molar-refractivity contribution in [1.29, 1.82) is 0 Å². The van der Waals surface area contributed by atoms with Crippen LogP contribution in [0.15, 0.2) is 60.7 Å². The van der Waals surface area contributed by atoms with Crippen molar-refractivity contribution in [2.75, 3.05) is 6.54 Å². The van der Waals surface area contributed by atoms with Crippen LogP contribution < -0.4 is 5.32 Å². The number of aryl methyl sites for hydroxylation is 3. The smallest absolute Gasteiger partial charge is 0.315 e. The molecule has 2 heterocycles. The number of amides is 3. The fourth-order valence-electron chi connectivity index (χ4n) is 3.75. The number of hydrogen-bond acceptors (Lipinski definition) is 4. The molecule has 30 heavy (non-hydrogen) atoms. The maximum Gasteiger partial charge on any atom is 0.325 e. The average Bonchev–Trinajstić information content (AvgIpc) is 3.28. The van der Waals surface area contributed by atoms with Crippen LogP contribution in [0.4, 0.5) is 4.79 Å². The van der Waals surface area contributed by atoms with Crippen molar-refractivity contribution in [2.24, 2.45) is 0 Å². The third-order valence-corrected chi connectivity index (χ3v) is 6.61. The lowest BCUT2D eigenvalue weighted by Gasteiger charge is -2.28. The van der Waals surface area contributed by atoms with E-state index >= 15 is 0 Å². The number of nitrogens with zero attached hydrogens (tertiary/aromatic N) is 1. The van der Waals surface area contributed by atoms with E-state index in [1.807, 2.05) is 75.4 Å². The normalized spacial score (nSPS) is 18.6. The summed E-state index contributed by atoms with van der Waals surface area (Å²) in [6.45, 7) is 5.59. The molecule has 0 saturated carbocycles. The zero-order valence-electron chi connectivity index (χ0n) is 17.1. The molecule has 1 saturated heterocycles. The molecule has 1 fully saturated rings. The monoisotopic (exact) mass is 418 g/mol. The first-order valence-corrected chi connectivity index (χ1v) is 10.5. The summed E-state index contributed by atoms with van der Waals surface area (Å²) in [7, 11) is 0. The first kappa shape index (κ1) is 20.0. The van der Waals surface area contributed by atoms with Crippen LogP contribution in [0.5, 0.6) is 0 Å². The molecule has 1 atom stereocenters. The number of urea groups is 1. The maximum absolute atomic E-state index is 13.7. The predicted octanol–water partition coefficient (Wildman–Crippen LogP) is 4.35. The molecule has 152 valence electrons. The van der Waals surface area contributed by atoms with Crippen LogP contribution in [0.3, 0.4) is 0 Å². The van der Waals surface area contributed by atoms with Crippen LogP contribution in [0, 0.1) is 20.8 Å². The Labute approximate surface area is 179 Å². The molecule has 0 spiro atoms. The van der Waals surface area contributed by atoms with Gasteiger partial charge < -0.3 is 5.32 Å². The fraction of sp³-hybridized carbons (Fsp3) is 0.208. The lowest BCUT2D eigenvalue weighted by Crippen LogP contribution is -2.45. The van der Waals surface area contributed by atoms with E-state index in [4.69, 9.17) is 0 Å². The highest BCUT2D eigenvalue weighted by Gasteiger charge is 2.54. The van der Waals surface area contributed by atoms with Gasteiger partial charge >= 0.3 is 6.03 Å². The Morgan fingerprint density at radius 2 is 1.67 bits per heavy atom. The molecule has 5 nitrogen and oxygen atoms in total. The molecule has 0 bridgehead atoms. The summed E-state index contributed by atoms with van der Waals surface area (Å²) >= 11 is 1.36. The molecule has 1 aliphatic heterocycles. The van der Waals surface area contributed by atoms with Crippen LogP contribution in [-0.4, -0.2) is 29.2 Å². The molecule has 4 rings (SSSR count). The van der Waals surface area contributed by atoms with Crippen LogP contribution in [0.25, 0.3) is 0 Å². The molecule has 2 aromatic carbocycles. The van der Waals surface area contributed by atoms with Gasteiger partial charge in [0.2, 0.25) is 0 Å². The molecule has 0 radical (unpaired) electrons. The molecule has 1 aliphatic rings. The minimum Gasteiger partial charge on any atom is -0.315 e. The average molecular weight is 419 g/mol. The minimum atomic E-state index is -1.36. The van der Waals surface area contributed by atoms with Gasteiger partial charge in [-0.2, -0.15) is 0 Å². The van der Waals surface area contributed by atoms with Gasteiger partial charge in [-0.1, -0.05) is 48.5 Å². The van der Waals surface area contributed by atoms with Gasteiger partial charge in [-0.15, -0.1) is 11.3 Å². The minimum absolute atomic E-state index is 0.249. The number of carbonyl (C=O) groups is 3. The largest absolute Gasteiger partial charge is 0.325 e. The number of ketones is 1. The van der Waals surface area contributed by atoms with Gasteiger partial charge in [-0.25, -0.2) is 4.79 Å². The summed E-state index contributed by atoms with van der Waals surface area (Å²) in [5.74, 6) is -0.691. The number of rotatable bonds is 5. The Bertz CT molecular complexity index is 1150. The Morgan fingerprint density at radius 1 is 0.933 bits per heavy atom. The number of nitrogens with one attached hydrogen (secondary N) is 1. The highest BCUT2D eigenvalue weighted by molar-refractivity contribution is 7.14. The lowest BCUT2D eigenvalue weighted by molar-refractivity contribution is -0.129. The summed E-state index contributed by atoms with van der Waals surface area (Å²) < 4.78 is 0. The number of benzene rings is 2. The van der Waals surface area contributed by atoms with E-state index in [0.29, 0.717) is 16.0 Å². The van der Waals surface area contributed by atoms with Gasteiger partial charge in [0, 0.05) is 4.88 Å². The molecule has 1 N–H and O–H groups in total. The fourth-order valence-corrected chi connectivity index (χ4v) is 4.54. The first-order chi connectivity index (χ1) is 14.3. The maximum atomic E-state index is 13.7. The summed E-state index contributed by atoms with van der Waals surface area (Å²) in [4.78, 5) is 41.9. The van der Waals surface area contributed by atoms with Gasteiger partial charge in [0.1, 0.15) is 0 Å². The van der Waals surface area contributed by atoms with Crippen molar-refractivity contribution in [1.82, 2.24) is 10.2 Å². The molecule has 1 aromatic heterocycles. The molecule has 0 aliphatic carbocycles. The van der Waals surface area contributed by atoms with Crippen LogP contribution in [-0.2, 0) is 10.3 Å². The molecular formula is C24H22N2O3S. The third-order valence-electron chi connectivity index (χ3n) is 5.57. The van der Waals surface area contributed by atoms with Crippen molar-refractivity contribution in [2.45, 2.75) is 26.3 Å². The summed E-state index contributed by atoms with van der Waals surface area (Å²) in [6.07, 6.45) is 0. The quantitative estimate of drug-likeness (QED) is 0.495. The molecular weight excluding hydrogens is 396 g/mol. The van der Waals surface area contributed by atoms with Gasteiger partial charge in [-0.05, 0) is 55.2 Å². The summed E-state index contributed by atoms with van der Waals surface area (Å²) in [5.41, 5.74) is 2.10. The number of thiophene rings is 1. The third kappa shape index (κ3) is 3.23. The van der Waals surface area contributed by atoms with Crippen LogP contribution >= 0.6 is 11.3 Å². The van der Waals surface area contributed by atoms with Crippen molar-refractivity contribution in [3.8, 4) is 0 Å². The van der Waals surface area contributed by atoms with Crippen molar-refractivity contribution in [3.63, 3.8) is 0 Å². The van der Waals surface area contributed by atoms with E-state index in [1.165, 1.54) is 11.3 Å². The van der Waals surface area contributed by atoms with Crippen LogP contribution in [0.1, 0.15) is 36.8 Å². The Hall–Kier alpha value is -3.25. The van der Waals surface area contributed by atoms with Crippen LogP contribution in [0.2, 0.25) is 0 Å². The van der Waals surface area contributed by atoms with Gasteiger partial charge in [0.25, 0.3) is 5.91 Å². The SMILES string of the molecule is Cc1ccc(C(=O)CN2C(=O)N[C@@](c3ccccc3)(c3ccc(C)c(C)c3)C2=O)s1. The topological polar surface area (TPSA) is 66.5 Å². The van der Waals surface area contributed by atoms with E-state index in [9.17, 15) is 14.4 Å². The van der Waals surface area contributed by atoms with Gasteiger partial charge in [0.05, 0.1) is 11.4 Å². The zero-order valence-corrected chi connectivity index (χ0v) is 17.9. The van der Waals surface area contributed by atoms with Gasteiger partial charge in [0.15, 0.2) is 11.3 Å². The molecule has 6 heteroatoms. The molecule has 3 amide bonds. The zero-order chi connectivity index (χ0) is 21.5. The Kier molecular flexibility index (Phi) is 5.03. The van der Waals surface area contributed by atoms with E-state index in [1.54, 1.807) is 6.07 Å². The first-order valence-electron chi connectivity index (χ1n) is 9.70. The van der Waals surface area contributed by atoms with Crippen molar-refractivity contribution < 1.29 is 14.4 Å². The second-order valence-corrected chi connectivity index (χ2v) is 8.86. The summed E-state index contributed by atoms with van der Waals surface area (Å²) in [6, 6.07) is 17.9. The van der Waals surface area contributed by atoms with Crippen molar-refractivity contribution in [3.05, 3.63) is 92.7 Å².